The van der Waals surface area contributed by atoms with Crippen LogP contribution in [0.3, 0.4) is 0 Å². The summed E-state index contributed by atoms with van der Waals surface area (Å²) in [5.41, 5.74) is 0. The molecule has 1 N–H and O–H groups in total. The van der Waals surface area contributed by atoms with E-state index < -0.39 is 0 Å². The van der Waals surface area contributed by atoms with Crippen molar-refractivity contribution >= 4 is 17.8 Å². The Morgan fingerprint density at radius 3 is 2.32 bits per heavy atom. The van der Waals surface area contributed by atoms with Crippen LogP contribution in [0.15, 0.2) is 0 Å². The molecule has 0 unspecified atom stereocenters. The molecule has 0 aliphatic heterocycles. The highest BCUT2D eigenvalue weighted by Gasteiger charge is 2.24. The van der Waals surface area contributed by atoms with Gasteiger partial charge in [-0.15, -0.1) is 0 Å². The third-order valence-electron chi connectivity index (χ3n) is 3.48. The summed E-state index contributed by atoms with van der Waals surface area (Å²) in [6.07, 6.45) is 4.83. The molecule has 1 fully saturated rings. The van der Waals surface area contributed by atoms with E-state index in [1.54, 1.807) is 0 Å². The van der Waals surface area contributed by atoms with Gasteiger partial charge in [0.25, 0.3) is 0 Å². The topological polar surface area (TPSA) is 57.2 Å². The first-order valence-corrected chi connectivity index (χ1v) is 7.02. The van der Waals surface area contributed by atoms with Gasteiger partial charge >= 0.3 is 0 Å². The van der Waals surface area contributed by atoms with E-state index in [4.69, 9.17) is 0 Å². The molecule has 19 heavy (non-hydrogen) atoms. The lowest BCUT2D eigenvalue weighted by molar-refractivity contribution is 0.397. The average molecular weight is 264 g/mol. The highest BCUT2D eigenvalue weighted by molar-refractivity contribution is 5.44. The summed E-state index contributed by atoms with van der Waals surface area (Å²) in [6, 6.07) is 0.580. The number of anilines is 3. The van der Waals surface area contributed by atoms with E-state index in [-0.39, 0.29) is 0 Å². The summed E-state index contributed by atoms with van der Waals surface area (Å²) in [6.45, 7) is 3.01. The van der Waals surface area contributed by atoms with Gasteiger partial charge in [-0.3, -0.25) is 0 Å². The van der Waals surface area contributed by atoms with Crippen LogP contribution in [-0.2, 0) is 0 Å². The van der Waals surface area contributed by atoms with E-state index in [0.29, 0.717) is 17.9 Å². The van der Waals surface area contributed by atoms with Crippen LogP contribution < -0.4 is 15.1 Å². The number of hydrogen-bond acceptors (Lipinski definition) is 6. The molecule has 1 saturated carbocycles. The zero-order chi connectivity index (χ0) is 13.8. The lowest BCUT2D eigenvalue weighted by Crippen LogP contribution is -2.38. The van der Waals surface area contributed by atoms with Crippen molar-refractivity contribution in [2.24, 2.45) is 0 Å². The second-order valence-corrected chi connectivity index (χ2v) is 5.28. The third kappa shape index (κ3) is 3.24. The van der Waals surface area contributed by atoms with Gasteiger partial charge in [0.2, 0.25) is 17.8 Å². The molecule has 0 aromatic carbocycles. The standard InChI is InChI=1S/C13H24N6/c1-5-9-14-11-15-12(18(2)3)17-13(16-11)19(4)10-7-6-8-10/h10H,5-9H2,1-4H3,(H,14,15,16,17). The molecule has 1 heterocycles. The van der Waals surface area contributed by atoms with E-state index in [1.165, 1.54) is 19.3 Å². The minimum Gasteiger partial charge on any atom is -0.354 e. The highest BCUT2D eigenvalue weighted by atomic mass is 15.4. The fourth-order valence-electron chi connectivity index (χ4n) is 1.96. The maximum Gasteiger partial charge on any atom is 0.231 e. The van der Waals surface area contributed by atoms with Crippen molar-refractivity contribution in [1.29, 1.82) is 0 Å². The van der Waals surface area contributed by atoms with Gasteiger partial charge in [-0.2, -0.15) is 15.0 Å². The van der Waals surface area contributed by atoms with Gasteiger partial charge in [-0.25, -0.2) is 0 Å². The van der Waals surface area contributed by atoms with Crippen LogP contribution in [0.5, 0.6) is 0 Å². The van der Waals surface area contributed by atoms with Gasteiger partial charge in [0.05, 0.1) is 0 Å². The lowest BCUT2D eigenvalue weighted by atomic mass is 9.92. The quantitative estimate of drug-likeness (QED) is 0.844. The summed E-state index contributed by atoms with van der Waals surface area (Å²) < 4.78 is 0. The van der Waals surface area contributed by atoms with Crippen molar-refractivity contribution in [2.45, 2.75) is 38.6 Å². The number of aromatic nitrogens is 3. The molecule has 0 atom stereocenters. The van der Waals surface area contributed by atoms with Gasteiger partial charge in [-0.05, 0) is 25.7 Å². The molecule has 0 spiro atoms. The van der Waals surface area contributed by atoms with E-state index in [0.717, 1.165) is 18.9 Å². The van der Waals surface area contributed by atoms with Crippen molar-refractivity contribution in [3.05, 3.63) is 0 Å². The number of nitrogens with zero attached hydrogens (tertiary/aromatic N) is 5. The predicted octanol–water partition coefficient (Wildman–Crippen LogP) is 1.75. The summed E-state index contributed by atoms with van der Waals surface area (Å²) in [7, 11) is 5.97. The third-order valence-corrected chi connectivity index (χ3v) is 3.48. The van der Waals surface area contributed by atoms with Crippen molar-refractivity contribution in [1.82, 2.24) is 15.0 Å². The van der Waals surface area contributed by atoms with Crippen LogP contribution in [0, 0.1) is 0 Å². The largest absolute Gasteiger partial charge is 0.354 e. The molecule has 6 nitrogen and oxygen atoms in total. The Morgan fingerprint density at radius 2 is 1.79 bits per heavy atom. The summed E-state index contributed by atoms with van der Waals surface area (Å²) in [4.78, 5) is 17.6. The Balaban J connectivity index is 2.22. The van der Waals surface area contributed by atoms with Gasteiger partial charge in [0.15, 0.2) is 0 Å². The average Bonchev–Trinajstić information content (AvgIpc) is 2.33. The van der Waals surface area contributed by atoms with Crippen molar-refractivity contribution in [2.75, 3.05) is 42.8 Å². The zero-order valence-corrected chi connectivity index (χ0v) is 12.3. The van der Waals surface area contributed by atoms with E-state index in [2.05, 4.69) is 39.1 Å². The molecule has 6 heteroatoms. The van der Waals surface area contributed by atoms with Crippen molar-refractivity contribution in [3.63, 3.8) is 0 Å². The second kappa shape index (κ2) is 6.04. The van der Waals surface area contributed by atoms with Crippen LogP contribution in [0.2, 0.25) is 0 Å². The highest BCUT2D eigenvalue weighted by Crippen LogP contribution is 2.27. The minimum absolute atomic E-state index is 0.580. The summed E-state index contributed by atoms with van der Waals surface area (Å²) >= 11 is 0. The Labute approximate surface area is 115 Å². The SMILES string of the molecule is CCCNc1nc(N(C)C)nc(N(C)C2CCC2)n1. The van der Waals surface area contributed by atoms with Crippen molar-refractivity contribution < 1.29 is 0 Å². The normalized spacial score (nSPS) is 14.9. The van der Waals surface area contributed by atoms with Gasteiger partial charge < -0.3 is 15.1 Å². The number of hydrogen-bond donors (Lipinski definition) is 1. The Hall–Kier alpha value is -1.59. The van der Waals surface area contributed by atoms with Crippen LogP contribution in [0.4, 0.5) is 17.8 Å². The zero-order valence-electron chi connectivity index (χ0n) is 12.3. The van der Waals surface area contributed by atoms with Crippen LogP contribution in [-0.4, -0.2) is 48.7 Å². The van der Waals surface area contributed by atoms with Crippen LogP contribution in [0.25, 0.3) is 0 Å². The molecule has 0 bridgehead atoms. The van der Waals surface area contributed by atoms with E-state index in [9.17, 15) is 0 Å². The molecule has 2 rings (SSSR count). The Kier molecular flexibility index (Phi) is 4.39. The molecule has 1 aliphatic rings. The Morgan fingerprint density at radius 1 is 1.11 bits per heavy atom. The molecule has 0 radical (unpaired) electrons. The van der Waals surface area contributed by atoms with Gasteiger partial charge in [-0.1, -0.05) is 6.92 Å². The predicted molar refractivity (Wildman–Crippen MR) is 79.0 cm³/mol. The fourth-order valence-corrected chi connectivity index (χ4v) is 1.96. The molecule has 106 valence electrons. The fraction of sp³-hybridized carbons (Fsp3) is 0.769. The molecular weight excluding hydrogens is 240 g/mol. The number of rotatable bonds is 6. The smallest absolute Gasteiger partial charge is 0.231 e. The summed E-state index contributed by atoms with van der Waals surface area (Å²) in [5.74, 6) is 2.14. The first-order valence-electron chi connectivity index (χ1n) is 7.02. The molecule has 1 aromatic heterocycles. The maximum atomic E-state index is 4.53. The lowest BCUT2D eigenvalue weighted by Gasteiger charge is -2.34. The minimum atomic E-state index is 0.580. The number of nitrogens with one attached hydrogen (secondary N) is 1. The molecule has 0 amide bonds. The maximum absolute atomic E-state index is 4.53. The Bertz CT molecular complexity index is 416. The van der Waals surface area contributed by atoms with Crippen LogP contribution in [0.1, 0.15) is 32.6 Å². The van der Waals surface area contributed by atoms with Crippen LogP contribution >= 0.6 is 0 Å². The first-order chi connectivity index (χ1) is 9.11. The molecule has 1 aromatic rings. The molecule has 0 saturated heterocycles. The second-order valence-electron chi connectivity index (χ2n) is 5.28. The van der Waals surface area contributed by atoms with Gasteiger partial charge in [0, 0.05) is 33.7 Å². The van der Waals surface area contributed by atoms with Crippen molar-refractivity contribution in [3.8, 4) is 0 Å². The first kappa shape index (κ1) is 13.8. The van der Waals surface area contributed by atoms with E-state index >= 15 is 0 Å². The molecular formula is C13H24N6. The monoisotopic (exact) mass is 264 g/mol. The van der Waals surface area contributed by atoms with E-state index in [1.807, 2.05) is 19.0 Å². The summed E-state index contributed by atoms with van der Waals surface area (Å²) in [5, 5.41) is 3.24. The van der Waals surface area contributed by atoms with Gasteiger partial charge in [0.1, 0.15) is 0 Å². The molecule has 1 aliphatic carbocycles.